The Bertz CT molecular complexity index is 1140. The average molecular weight is 532 g/mol. The summed E-state index contributed by atoms with van der Waals surface area (Å²) in [5, 5.41) is 2.73. The van der Waals surface area contributed by atoms with E-state index in [9.17, 15) is 23.2 Å². The van der Waals surface area contributed by atoms with Crippen molar-refractivity contribution < 1.29 is 29.3 Å². The number of hydrogen-bond acceptors (Lipinski definition) is 4. The van der Waals surface area contributed by atoms with E-state index < -0.39 is 23.1 Å². The number of benzene rings is 1. The van der Waals surface area contributed by atoms with E-state index in [4.69, 9.17) is 4.74 Å². The van der Waals surface area contributed by atoms with Crippen LogP contribution in [0.5, 0.6) is 0 Å². The van der Waals surface area contributed by atoms with Crippen LogP contribution >= 0.6 is 0 Å². The number of amides is 3. The molecule has 38 heavy (non-hydrogen) atoms. The minimum Gasteiger partial charge on any atom is -0.374 e. The number of nitrogens with zero attached hydrogens (tertiary/aromatic N) is 2. The van der Waals surface area contributed by atoms with Crippen LogP contribution < -0.4 is 5.32 Å². The molecule has 1 spiro atoms. The van der Waals surface area contributed by atoms with Gasteiger partial charge in [-0.2, -0.15) is 0 Å². The molecule has 0 saturated carbocycles. The maximum atomic E-state index is 14.0. The molecular formula is C29H39F2N3O4. The molecule has 1 aromatic carbocycles. The predicted octanol–water partition coefficient (Wildman–Crippen LogP) is 3.84. The summed E-state index contributed by atoms with van der Waals surface area (Å²) < 4.78 is 32.9. The van der Waals surface area contributed by atoms with Crippen LogP contribution in [0.1, 0.15) is 46.5 Å². The standard InChI is InChI=1S/C29H37F2N3O4.H2/c1-4-26(35)32-25(17-38-16-20-10-11-21(30)14-24(20)31)27(36)34-13-7-12-29(18-34)23(15-33(3)28(29)37)22-9-6-5-8-19(22)2;/h5-6,9-11,14,19,23,25H,4,7-8,12-13,15-18H2,1-3H3,(H,32,35);1H/t19?,23?,25-,29?;/m1./s1. The summed E-state index contributed by atoms with van der Waals surface area (Å²) in [7, 11) is 1.82. The Balaban J connectivity index is 0.00000420. The molecule has 0 aromatic heterocycles. The van der Waals surface area contributed by atoms with Gasteiger partial charge in [-0.25, -0.2) is 8.78 Å². The molecule has 0 radical (unpaired) electrons. The van der Waals surface area contributed by atoms with Gasteiger partial charge in [-0.15, -0.1) is 0 Å². The Hall–Kier alpha value is -3.07. The number of carbonyl (C=O) groups excluding carboxylic acids is 3. The van der Waals surface area contributed by atoms with Crippen molar-refractivity contribution in [3.05, 3.63) is 59.2 Å². The zero-order valence-electron chi connectivity index (χ0n) is 22.3. The van der Waals surface area contributed by atoms with E-state index >= 15 is 0 Å². The number of hydrogen-bond donors (Lipinski definition) is 1. The van der Waals surface area contributed by atoms with Gasteiger partial charge in [0.1, 0.15) is 17.7 Å². The van der Waals surface area contributed by atoms with E-state index in [0.717, 1.165) is 18.6 Å². The van der Waals surface area contributed by atoms with E-state index in [0.29, 0.717) is 31.8 Å². The molecule has 2 saturated heterocycles. The number of halogens is 2. The van der Waals surface area contributed by atoms with Gasteiger partial charge in [-0.05, 0) is 31.2 Å². The fourth-order valence-corrected chi connectivity index (χ4v) is 6.06. The summed E-state index contributed by atoms with van der Waals surface area (Å²) in [6.45, 7) is 4.89. The molecule has 4 atom stereocenters. The normalized spacial score (nSPS) is 26.0. The largest absolute Gasteiger partial charge is 0.374 e. The van der Waals surface area contributed by atoms with Crippen LogP contribution in [-0.2, 0) is 25.7 Å². The fraction of sp³-hybridized carbons (Fsp3) is 0.552. The van der Waals surface area contributed by atoms with Crippen molar-refractivity contribution in [3.8, 4) is 0 Å². The topological polar surface area (TPSA) is 79.0 Å². The van der Waals surface area contributed by atoms with Gasteiger partial charge < -0.3 is 19.9 Å². The van der Waals surface area contributed by atoms with Crippen molar-refractivity contribution in [2.75, 3.05) is 33.3 Å². The van der Waals surface area contributed by atoms with Gasteiger partial charge in [0.25, 0.3) is 0 Å². The molecule has 9 heteroatoms. The number of piperidine rings is 1. The first-order valence-electron chi connectivity index (χ1n) is 13.4. The van der Waals surface area contributed by atoms with E-state index in [2.05, 4.69) is 30.5 Å². The molecule has 3 amide bonds. The van der Waals surface area contributed by atoms with Crippen LogP contribution in [0.4, 0.5) is 8.78 Å². The Kier molecular flexibility index (Phi) is 8.65. The minimum absolute atomic E-state index is 0. The predicted molar refractivity (Wildman–Crippen MR) is 141 cm³/mol. The van der Waals surface area contributed by atoms with Crippen molar-refractivity contribution >= 4 is 17.7 Å². The Morgan fingerprint density at radius 2 is 2.11 bits per heavy atom. The number of carbonyl (C=O) groups is 3. The summed E-state index contributed by atoms with van der Waals surface area (Å²) in [5.41, 5.74) is 0.702. The third-order valence-electron chi connectivity index (χ3n) is 8.13. The molecule has 7 nitrogen and oxygen atoms in total. The Morgan fingerprint density at radius 3 is 2.82 bits per heavy atom. The van der Waals surface area contributed by atoms with Crippen LogP contribution in [0.2, 0.25) is 0 Å². The van der Waals surface area contributed by atoms with Crippen molar-refractivity contribution in [1.82, 2.24) is 15.1 Å². The van der Waals surface area contributed by atoms with Crippen molar-refractivity contribution in [2.45, 2.75) is 52.2 Å². The van der Waals surface area contributed by atoms with Gasteiger partial charge in [-0.1, -0.05) is 43.7 Å². The van der Waals surface area contributed by atoms with Crippen LogP contribution in [0, 0.1) is 28.9 Å². The first kappa shape index (κ1) is 28.0. The van der Waals surface area contributed by atoms with Crippen molar-refractivity contribution in [1.29, 1.82) is 0 Å². The molecule has 3 aliphatic rings. The molecule has 2 aliphatic heterocycles. The highest BCUT2D eigenvalue weighted by Crippen LogP contribution is 2.49. The molecule has 4 rings (SSSR count). The molecule has 2 fully saturated rings. The van der Waals surface area contributed by atoms with Crippen LogP contribution in [-0.4, -0.2) is 66.9 Å². The van der Waals surface area contributed by atoms with Gasteiger partial charge in [0.05, 0.1) is 18.6 Å². The molecule has 208 valence electrons. The van der Waals surface area contributed by atoms with Gasteiger partial charge in [0.2, 0.25) is 17.7 Å². The number of nitrogens with one attached hydrogen (secondary N) is 1. The van der Waals surface area contributed by atoms with Crippen LogP contribution in [0.15, 0.2) is 42.0 Å². The number of allylic oxidation sites excluding steroid dienone is 3. The Morgan fingerprint density at radius 1 is 1.32 bits per heavy atom. The van der Waals surface area contributed by atoms with Crippen molar-refractivity contribution in [2.24, 2.45) is 17.3 Å². The van der Waals surface area contributed by atoms with Gasteiger partial charge >= 0.3 is 0 Å². The quantitative estimate of drug-likeness (QED) is 0.553. The SMILES string of the molecule is CCC(=O)N[C@H](COCc1ccc(F)cc1F)C(=O)N1CCCC2(C1)C(=O)N(C)CC2C1=CC=CCC1C.[HH]. The fourth-order valence-electron chi connectivity index (χ4n) is 6.06. The maximum absolute atomic E-state index is 14.0. The molecular weight excluding hydrogens is 492 g/mol. The molecule has 2 heterocycles. The van der Waals surface area contributed by atoms with Crippen LogP contribution in [0.25, 0.3) is 0 Å². The van der Waals surface area contributed by atoms with E-state index in [1.165, 1.54) is 11.6 Å². The van der Waals surface area contributed by atoms with E-state index in [-0.39, 0.29) is 56.8 Å². The summed E-state index contributed by atoms with van der Waals surface area (Å²) in [5.74, 6) is -1.67. The number of likely N-dealkylation sites (tertiary alicyclic amines) is 2. The summed E-state index contributed by atoms with van der Waals surface area (Å²) in [4.78, 5) is 43.0. The third kappa shape index (κ3) is 5.67. The van der Waals surface area contributed by atoms with Gasteiger partial charge in [-0.3, -0.25) is 14.4 Å². The lowest BCUT2D eigenvalue weighted by Gasteiger charge is -2.44. The second-order valence-electron chi connectivity index (χ2n) is 10.7. The smallest absolute Gasteiger partial charge is 0.247 e. The summed E-state index contributed by atoms with van der Waals surface area (Å²) >= 11 is 0. The zero-order valence-corrected chi connectivity index (χ0v) is 22.3. The second kappa shape index (κ2) is 11.8. The first-order valence-corrected chi connectivity index (χ1v) is 13.4. The Labute approximate surface area is 224 Å². The number of rotatable bonds is 8. The molecule has 0 bridgehead atoms. The monoisotopic (exact) mass is 531 g/mol. The zero-order chi connectivity index (χ0) is 27.4. The lowest BCUT2D eigenvalue weighted by Crippen LogP contribution is -2.57. The lowest BCUT2D eigenvalue weighted by molar-refractivity contribution is -0.147. The van der Waals surface area contributed by atoms with Crippen molar-refractivity contribution in [3.63, 3.8) is 0 Å². The highest BCUT2D eigenvalue weighted by Gasteiger charge is 2.56. The third-order valence-corrected chi connectivity index (χ3v) is 8.13. The first-order chi connectivity index (χ1) is 18.2. The summed E-state index contributed by atoms with van der Waals surface area (Å²) in [6, 6.07) is 2.22. The lowest BCUT2D eigenvalue weighted by atomic mass is 9.65. The molecule has 1 N–H and O–H groups in total. The molecule has 3 unspecified atom stereocenters. The van der Waals surface area contributed by atoms with Crippen LogP contribution in [0.3, 0.4) is 0 Å². The highest BCUT2D eigenvalue weighted by atomic mass is 19.1. The average Bonchev–Trinajstić information content (AvgIpc) is 3.13. The molecule has 1 aliphatic carbocycles. The second-order valence-corrected chi connectivity index (χ2v) is 10.7. The molecule has 1 aromatic rings. The van der Waals surface area contributed by atoms with Gasteiger partial charge in [0.15, 0.2) is 0 Å². The van der Waals surface area contributed by atoms with Gasteiger partial charge in [0, 0.05) is 52.1 Å². The maximum Gasteiger partial charge on any atom is 0.247 e. The number of ether oxygens (including phenoxy) is 1. The highest BCUT2D eigenvalue weighted by molar-refractivity contribution is 5.90. The van der Waals surface area contributed by atoms with E-state index in [1.54, 1.807) is 16.7 Å². The van der Waals surface area contributed by atoms with E-state index in [1.807, 2.05) is 7.05 Å². The summed E-state index contributed by atoms with van der Waals surface area (Å²) in [6.07, 6.45) is 8.80. The minimum atomic E-state index is -0.982.